The lowest BCUT2D eigenvalue weighted by molar-refractivity contribution is 0.0664. The molecule has 0 bridgehead atoms. The highest BCUT2D eigenvalue weighted by Gasteiger charge is 2.72. The summed E-state index contributed by atoms with van der Waals surface area (Å²) in [5, 5.41) is 0. The number of hydrogen-bond donors (Lipinski definition) is 0. The van der Waals surface area contributed by atoms with Crippen molar-refractivity contribution in [1.82, 2.24) is 0 Å². The van der Waals surface area contributed by atoms with Crippen LogP contribution >= 0.6 is 0 Å². The maximum Gasteiger partial charge on any atom is 0.186 e. The monoisotopic (exact) mass is 585 g/mol. The van der Waals surface area contributed by atoms with Gasteiger partial charge in [0.05, 0.1) is 27.4 Å². The first-order chi connectivity index (χ1) is 21.4. The van der Waals surface area contributed by atoms with Crippen LogP contribution in [0.2, 0.25) is 0 Å². The minimum Gasteiger partial charge on any atom is -0.497 e. The normalized spacial score (nSPS) is 20.7. The van der Waals surface area contributed by atoms with Crippen LogP contribution in [0, 0.1) is 12.3 Å². The molecule has 3 atom stereocenters. The molecule has 0 saturated carbocycles. The first-order valence-electron chi connectivity index (χ1n) is 14.5. The Kier molecular flexibility index (Phi) is 6.43. The smallest absolute Gasteiger partial charge is 0.186 e. The first kappa shape index (κ1) is 27.7. The van der Waals surface area contributed by atoms with Crippen LogP contribution in [0.3, 0.4) is 0 Å². The van der Waals surface area contributed by atoms with E-state index in [4.69, 9.17) is 14.2 Å². The molecule has 2 aliphatic heterocycles. The number of nitrogens with zero attached hydrogens (tertiary/aromatic N) is 1. The minimum absolute atomic E-state index is 0.237. The van der Waals surface area contributed by atoms with Crippen molar-refractivity contribution in [2.24, 2.45) is 5.41 Å². The van der Waals surface area contributed by atoms with E-state index >= 15 is 0 Å². The van der Waals surface area contributed by atoms with E-state index in [0.29, 0.717) is 39.5 Å². The van der Waals surface area contributed by atoms with Gasteiger partial charge in [-0.25, -0.2) is 0 Å². The number of aryl methyl sites for hydroxylation is 1. The first-order valence-corrected chi connectivity index (χ1v) is 14.5. The van der Waals surface area contributed by atoms with Crippen LogP contribution in [0.25, 0.3) is 6.08 Å². The molecule has 1 aliphatic carbocycles. The van der Waals surface area contributed by atoms with Crippen molar-refractivity contribution < 1.29 is 28.6 Å². The van der Waals surface area contributed by atoms with Crippen LogP contribution in [0.1, 0.15) is 53.7 Å². The molecule has 220 valence electrons. The van der Waals surface area contributed by atoms with Gasteiger partial charge in [-0.2, -0.15) is 0 Å². The van der Waals surface area contributed by atoms with Gasteiger partial charge in [0.2, 0.25) is 0 Å². The number of rotatable bonds is 6. The van der Waals surface area contributed by atoms with Crippen molar-refractivity contribution in [3.05, 3.63) is 124 Å². The van der Waals surface area contributed by atoms with E-state index in [0.717, 1.165) is 16.8 Å². The molecule has 0 aromatic heterocycles. The summed E-state index contributed by atoms with van der Waals surface area (Å²) >= 11 is 0. The van der Waals surface area contributed by atoms with E-state index in [-0.39, 0.29) is 17.3 Å². The Labute approximate surface area is 255 Å². The standard InChI is InChI=1S/C37H31NO6/c1-21-15-17-28-22(19-21)16-18-30-37(35(40)25-11-5-6-12-26(25)36(37)41)31(27-13-8-14-29(43-3)34(27)44-4)32(38(28)30)33(39)23-9-7-10-24(20-23)42-2/h5-20,30-32H,1-4H3/t30?,31-,32+/m1/s1. The lowest BCUT2D eigenvalue weighted by atomic mass is 9.64. The molecule has 0 amide bonds. The van der Waals surface area contributed by atoms with Gasteiger partial charge in [0.15, 0.2) is 28.8 Å². The molecule has 0 N–H and O–H groups in total. The summed E-state index contributed by atoms with van der Waals surface area (Å²) in [5.41, 5.74) is 2.79. The fraction of sp³-hybridized carbons (Fsp3) is 0.216. The quantitative estimate of drug-likeness (QED) is 0.193. The number of ether oxygens (including phenoxy) is 3. The summed E-state index contributed by atoms with van der Waals surface area (Å²) in [6.45, 7) is 2.01. The van der Waals surface area contributed by atoms with Gasteiger partial charge in [-0.3, -0.25) is 14.4 Å². The second-order valence-electron chi connectivity index (χ2n) is 11.4. The van der Waals surface area contributed by atoms with Crippen LogP contribution in [-0.2, 0) is 0 Å². The van der Waals surface area contributed by atoms with Gasteiger partial charge in [-0.1, -0.05) is 72.3 Å². The number of Topliss-reactive ketones (excluding diaryl/α,β-unsaturated/α-hetero) is 3. The third kappa shape index (κ3) is 3.65. The Hall–Kier alpha value is -5.17. The molecule has 7 heteroatoms. The van der Waals surface area contributed by atoms with E-state index in [1.54, 1.807) is 67.8 Å². The van der Waals surface area contributed by atoms with Crippen LogP contribution in [0.15, 0.2) is 91.0 Å². The highest BCUT2D eigenvalue weighted by atomic mass is 16.5. The topological polar surface area (TPSA) is 82.1 Å². The van der Waals surface area contributed by atoms with Crippen molar-refractivity contribution in [2.75, 3.05) is 26.2 Å². The number of ketones is 3. The van der Waals surface area contributed by atoms with Crippen LogP contribution in [0.5, 0.6) is 17.2 Å². The summed E-state index contributed by atoms with van der Waals surface area (Å²) in [6, 6.07) is 23.6. The number of hydrogen-bond acceptors (Lipinski definition) is 7. The van der Waals surface area contributed by atoms with Crippen molar-refractivity contribution in [1.29, 1.82) is 0 Å². The fourth-order valence-electron chi connectivity index (χ4n) is 7.54. The number of anilines is 1. The van der Waals surface area contributed by atoms with Gasteiger partial charge in [0.1, 0.15) is 17.2 Å². The zero-order chi connectivity index (χ0) is 30.7. The van der Waals surface area contributed by atoms with E-state index in [1.807, 2.05) is 48.2 Å². The molecule has 44 heavy (non-hydrogen) atoms. The van der Waals surface area contributed by atoms with Crippen molar-refractivity contribution in [3.63, 3.8) is 0 Å². The Bertz CT molecular complexity index is 1860. The summed E-state index contributed by atoms with van der Waals surface area (Å²) < 4.78 is 17.1. The number of benzene rings is 4. The molecule has 1 fully saturated rings. The van der Waals surface area contributed by atoms with Crippen LogP contribution < -0.4 is 19.1 Å². The van der Waals surface area contributed by atoms with Crippen molar-refractivity contribution in [2.45, 2.75) is 24.9 Å². The number of carbonyl (C=O) groups excluding carboxylic acids is 3. The van der Waals surface area contributed by atoms with Gasteiger partial charge in [-0.15, -0.1) is 0 Å². The number of fused-ring (bicyclic) bond motifs is 5. The molecule has 1 unspecified atom stereocenters. The molecule has 0 radical (unpaired) electrons. The summed E-state index contributed by atoms with van der Waals surface area (Å²) in [5.74, 6) is -0.412. The second-order valence-corrected chi connectivity index (χ2v) is 11.4. The van der Waals surface area contributed by atoms with Gasteiger partial charge < -0.3 is 19.1 Å². The van der Waals surface area contributed by atoms with Gasteiger partial charge in [0, 0.05) is 33.9 Å². The van der Waals surface area contributed by atoms with Gasteiger partial charge in [-0.05, 0) is 42.8 Å². The van der Waals surface area contributed by atoms with Gasteiger partial charge in [0.25, 0.3) is 0 Å². The highest BCUT2D eigenvalue weighted by molar-refractivity contribution is 6.32. The number of para-hydroxylation sites is 1. The maximum absolute atomic E-state index is 15.0. The Balaban J connectivity index is 1.58. The fourth-order valence-corrected chi connectivity index (χ4v) is 7.54. The molecule has 3 aliphatic rings. The average molecular weight is 586 g/mol. The molecule has 1 saturated heterocycles. The van der Waals surface area contributed by atoms with Crippen LogP contribution in [-0.4, -0.2) is 50.8 Å². The Morgan fingerprint density at radius 2 is 1.52 bits per heavy atom. The van der Waals surface area contributed by atoms with E-state index in [2.05, 4.69) is 0 Å². The Morgan fingerprint density at radius 3 is 2.20 bits per heavy atom. The van der Waals surface area contributed by atoms with Crippen molar-refractivity contribution >= 4 is 29.1 Å². The zero-order valence-corrected chi connectivity index (χ0v) is 24.9. The number of methoxy groups -OCH3 is 3. The molecular formula is C37H31NO6. The SMILES string of the molecule is COc1cccc(C(=O)[C@@H]2[C@@H](c3cccc(OC)c3OC)C3(C(=O)c4ccccc4C3=O)C3C=Cc4cc(C)ccc4N32)c1. The van der Waals surface area contributed by atoms with Crippen molar-refractivity contribution in [3.8, 4) is 17.2 Å². The summed E-state index contributed by atoms with van der Waals surface area (Å²) in [7, 11) is 4.62. The highest BCUT2D eigenvalue weighted by Crippen LogP contribution is 2.62. The van der Waals surface area contributed by atoms with Crippen LogP contribution in [0.4, 0.5) is 5.69 Å². The lowest BCUT2D eigenvalue weighted by Gasteiger charge is -2.37. The second kappa shape index (κ2) is 10.2. The molecule has 1 spiro atoms. The molecule has 4 aromatic carbocycles. The molecule has 7 rings (SSSR count). The predicted molar refractivity (Wildman–Crippen MR) is 167 cm³/mol. The zero-order valence-electron chi connectivity index (χ0n) is 24.9. The average Bonchev–Trinajstić information content (AvgIpc) is 3.49. The predicted octanol–water partition coefficient (Wildman–Crippen LogP) is 6.34. The molecule has 4 aromatic rings. The minimum atomic E-state index is -1.65. The third-order valence-electron chi connectivity index (χ3n) is 9.35. The molecule has 2 heterocycles. The number of carbonyl (C=O) groups is 3. The lowest BCUT2D eigenvalue weighted by Crippen LogP contribution is -2.48. The van der Waals surface area contributed by atoms with E-state index < -0.39 is 23.4 Å². The molecule has 7 nitrogen and oxygen atoms in total. The van der Waals surface area contributed by atoms with E-state index in [1.165, 1.54) is 14.2 Å². The third-order valence-corrected chi connectivity index (χ3v) is 9.35. The maximum atomic E-state index is 15.0. The van der Waals surface area contributed by atoms with Gasteiger partial charge >= 0.3 is 0 Å². The molecular weight excluding hydrogens is 554 g/mol. The Morgan fingerprint density at radius 1 is 0.795 bits per heavy atom. The largest absolute Gasteiger partial charge is 0.497 e. The van der Waals surface area contributed by atoms with E-state index in [9.17, 15) is 14.4 Å². The summed E-state index contributed by atoms with van der Waals surface area (Å²) in [6.07, 6.45) is 3.88. The summed E-state index contributed by atoms with van der Waals surface area (Å²) in [4.78, 5) is 46.8.